The van der Waals surface area contributed by atoms with Gasteiger partial charge in [-0.1, -0.05) is 33.8 Å². The molecule has 63 heavy (non-hydrogen) atoms. The van der Waals surface area contributed by atoms with Gasteiger partial charge in [0.25, 0.3) is 5.91 Å². The van der Waals surface area contributed by atoms with Gasteiger partial charge in [-0.05, 0) is 81.7 Å². The molecule has 0 unspecified atom stereocenters. The number of urea groups is 1. The number of amides is 4. The van der Waals surface area contributed by atoms with Crippen LogP contribution in [0.25, 0.3) is 33.4 Å². The largest absolute Gasteiger partial charge is 0.464 e. The Hall–Kier alpha value is -4.90. The standard InChI is InChI=1S/C47H62N8O7S/c1-9-53-37-16-15-30-21-32(37)33(41(53)31-13-10-18-48-39(31)29(4)60-8)23-46(5,6)25-62-44(58)34-14-11-20-55(51-34)43(57)35(22-38-49-36(30)24-63-38)50-42(56)40(28(2)3)52(7)45(59)54-19-12-17-47(54)26-61-27-47/h10,13,15-16,18,21,24,28-29,34-35,40,51H,9,11-12,14,17,19-20,22-23,25-27H2,1-8H3,(H,50,56)/t29-,34-,35-,40-/m0/s1. The fraction of sp³-hybridized carbons (Fsp3) is 0.574. The number of likely N-dealkylation sites (N-methyl/N-ethyl adjacent to an activating group) is 1. The number of rotatable bonds is 8. The minimum absolute atomic E-state index is 0.108. The first-order valence-corrected chi connectivity index (χ1v) is 23.3. The number of likely N-dealkylation sites (tertiary alicyclic amines) is 1. The van der Waals surface area contributed by atoms with Crippen LogP contribution in [0.2, 0.25) is 0 Å². The molecule has 4 aliphatic heterocycles. The van der Waals surface area contributed by atoms with Gasteiger partial charge < -0.3 is 33.9 Å². The highest BCUT2D eigenvalue weighted by atomic mass is 32.1. The van der Waals surface area contributed by atoms with Gasteiger partial charge in [0.15, 0.2) is 0 Å². The van der Waals surface area contributed by atoms with Crippen molar-refractivity contribution in [3.8, 4) is 22.5 Å². The molecule has 3 fully saturated rings. The number of thiazole rings is 1. The molecule has 0 radical (unpaired) electrons. The van der Waals surface area contributed by atoms with E-state index in [2.05, 4.69) is 60.3 Å². The summed E-state index contributed by atoms with van der Waals surface area (Å²) < 4.78 is 19.8. The molecular weight excluding hydrogens is 821 g/mol. The van der Waals surface area contributed by atoms with E-state index in [-0.39, 0.29) is 36.6 Å². The van der Waals surface area contributed by atoms with Crippen molar-refractivity contribution >= 4 is 46.1 Å². The molecule has 6 bridgehead atoms. The maximum atomic E-state index is 14.6. The van der Waals surface area contributed by atoms with Crippen molar-refractivity contribution in [2.45, 2.75) is 116 Å². The van der Waals surface area contributed by atoms with Crippen LogP contribution in [-0.2, 0) is 48.0 Å². The third-order valence-corrected chi connectivity index (χ3v) is 14.2. The van der Waals surface area contributed by atoms with Crippen molar-refractivity contribution in [1.29, 1.82) is 0 Å². The molecule has 3 saturated heterocycles. The average molecular weight is 883 g/mol. The lowest BCUT2D eigenvalue weighted by molar-refractivity contribution is -0.155. The zero-order chi connectivity index (χ0) is 44.8. The van der Waals surface area contributed by atoms with E-state index in [0.29, 0.717) is 57.1 Å². The van der Waals surface area contributed by atoms with E-state index in [1.54, 1.807) is 20.4 Å². The van der Waals surface area contributed by atoms with E-state index >= 15 is 0 Å². The van der Waals surface area contributed by atoms with Crippen LogP contribution in [0.5, 0.6) is 0 Å². The molecule has 338 valence electrons. The van der Waals surface area contributed by atoms with Crippen LogP contribution in [-0.4, -0.2) is 124 Å². The molecule has 3 aromatic heterocycles. The predicted octanol–water partition coefficient (Wildman–Crippen LogP) is 6.14. The zero-order valence-electron chi connectivity index (χ0n) is 37.9. The van der Waals surface area contributed by atoms with Gasteiger partial charge in [-0.15, -0.1) is 11.3 Å². The van der Waals surface area contributed by atoms with E-state index in [4.69, 9.17) is 24.2 Å². The van der Waals surface area contributed by atoms with Crippen molar-refractivity contribution in [1.82, 2.24) is 40.1 Å². The molecule has 4 aromatic rings. The summed E-state index contributed by atoms with van der Waals surface area (Å²) in [5.74, 6) is -1.52. The third-order valence-electron chi connectivity index (χ3n) is 13.3. The van der Waals surface area contributed by atoms with E-state index < -0.39 is 41.3 Å². The van der Waals surface area contributed by atoms with Crippen molar-refractivity contribution in [2.24, 2.45) is 11.3 Å². The maximum absolute atomic E-state index is 14.6. The number of hydrogen-bond donors (Lipinski definition) is 2. The summed E-state index contributed by atoms with van der Waals surface area (Å²) in [4.78, 5) is 70.3. The monoisotopic (exact) mass is 882 g/mol. The molecule has 16 heteroatoms. The Bertz CT molecular complexity index is 2370. The Morgan fingerprint density at radius 2 is 1.90 bits per heavy atom. The summed E-state index contributed by atoms with van der Waals surface area (Å²) in [5.41, 5.74) is 9.07. The molecule has 0 saturated carbocycles. The Morgan fingerprint density at radius 3 is 2.62 bits per heavy atom. The van der Waals surface area contributed by atoms with Crippen LogP contribution in [0.4, 0.5) is 4.79 Å². The number of hydrazine groups is 1. The number of hydrogen-bond acceptors (Lipinski definition) is 11. The molecule has 15 nitrogen and oxygen atoms in total. The highest BCUT2D eigenvalue weighted by molar-refractivity contribution is 7.10. The smallest absolute Gasteiger partial charge is 0.324 e. The number of pyridine rings is 1. The van der Waals surface area contributed by atoms with Gasteiger partial charge in [-0.2, -0.15) is 0 Å². The van der Waals surface area contributed by atoms with E-state index in [9.17, 15) is 19.2 Å². The number of ether oxygens (including phenoxy) is 3. The van der Waals surface area contributed by atoms with Crippen molar-refractivity contribution in [3.05, 3.63) is 58.2 Å². The quantitative estimate of drug-likeness (QED) is 0.197. The molecule has 4 atom stereocenters. The SMILES string of the molecule is CCn1c(-c2cccnc2[C@H](C)OC)c2c3cc(ccc31)-c1csc(n1)C[C@H](NC(=O)[C@H](C(C)C)N(C)C(=O)N1CCCC13COC3)C(=O)N1CCC[C@H](N1)C(=O)OCC(C)(C)C2. The molecule has 0 aliphatic carbocycles. The number of nitrogens with one attached hydrogen (secondary N) is 2. The van der Waals surface area contributed by atoms with Crippen LogP contribution >= 0.6 is 11.3 Å². The van der Waals surface area contributed by atoms with Crippen LogP contribution in [0.3, 0.4) is 0 Å². The van der Waals surface area contributed by atoms with Crippen LogP contribution in [0.1, 0.15) is 89.6 Å². The number of methoxy groups -OCH3 is 1. The molecule has 1 aromatic carbocycles. The van der Waals surface area contributed by atoms with Gasteiger partial charge >= 0.3 is 12.0 Å². The van der Waals surface area contributed by atoms with Crippen molar-refractivity contribution < 1.29 is 33.4 Å². The predicted molar refractivity (Wildman–Crippen MR) is 241 cm³/mol. The van der Waals surface area contributed by atoms with Gasteiger partial charge in [0.2, 0.25) is 5.91 Å². The van der Waals surface area contributed by atoms with Crippen LogP contribution < -0.4 is 10.7 Å². The summed E-state index contributed by atoms with van der Waals surface area (Å²) in [6, 6.07) is 7.58. The summed E-state index contributed by atoms with van der Waals surface area (Å²) in [5, 5.41) is 8.23. The average Bonchev–Trinajstić information content (AvgIpc) is 4.00. The van der Waals surface area contributed by atoms with Gasteiger partial charge in [-0.25, -0.2) is 15.2 Å². The molecule has 8 rings (SSSR count). The Labute approximate surface area is 373 Å². The first-order valence-electron chi connectivity index (χ1n) is 22.4. The molecule has 1 spiro atoms. The lowest BCUT2D eigenvalue weighted by atomic mass is 9.84. The number of aryl methyl sites for hydroxylation is 1. The van der Waals surface area contributed by atoms with E-state index in [1.165, 1.54) is 21.2 Å². The van der Waals surface area contributed by atoms with Crippen molar-refractivity contribution in [3.63, 3.8) is 0 Å². The number of carbonyl (C=O) groups is 4. The fourth-order valence-electron chi connectivity index (χ4n) is 9.93. The first-order chi connectivity index (χ1) is 30.1. The topological polar surface area (TPSA) is 160 Å². The Kier molecular flexibility index (Phi) is 12.7. The minimum Gasteiger partial charge on any atom is -0.464 e. The van der Waals surface area contributed by atoms with Gasteiger partial charge in [0.1, 0.15) is 18.1 Å². The number of fused-ring (bicyclic) bond motifs is 6. The third kappa shape index (κ3) is 8.59. The fourth-order valence-corrected chi connectivity index (χ4v) is 10.8. The van der Waals surface area contributed by atoms with Crippen LogP contribution in [0.15, 0.2) is 41.9 Å². The number of esters is 1. The Balaban J connectivity index is 1.18. The summed E-state index contributed by atoms with van der Waals surface area (Å²) in [6.45, 7) is 14.9. The normalized spacial score (nSPS) is 22.1. The second-order valence-corrected chi connectivity index (χ2v) is 19.8. The number of nitrogens with zero attached hydrogens (tertiary/aromatic N) is 6. The molecule has 4 amide bonds. The highest BCUT2D eigenvalue weighted by Crippen LogP contribution is 2.42. The molecule has 2 N–H and O–H groups in total. The van der Waals surface area contributed by atoms with Gasteiger partial charge in [-0.3, -0.25) is 24.4 Å². The Morgan fingerprint density at radius 1 is 1.11 bits per heavy atom. The number of benzene rings is 1. The first kappa shape index (κ1) is 44.7. The van der Waals surface area contributed by atoms with E-state index in [1.807, 2.05) is 37.1 Å². The van der Waals surface area contributed by atoms with Crippen LogP contribution in [0, 0.1) is 11.3 Å². The zero-order valence-corrected chi connectivity index (χ0v) is 38.7. The highest BCUT2D eigenvalue weighted by Gasteiger charge is 2.51. The minimum atomic E-state index is -1.04. The molecular formula is C47H62N8O7S. The molecule has 7 heterocycles. The van der Waals surface area contributed by atoms with E-state index in [0.717, 1.165) is 57.5 Å². The molecule has 4 aliphatic rings. The summed E-state index contributed by atoms with van der Waals surface area (Å²) >= 11 is 1.43. The lowest BCUT2D eigenvalue weighted by Gasteiger charge is -2.47. The maximum Gasteiger partial charge on any atom is 0.324 e. The lowest BCUT2D eigenvalue weighted by Crippen LogP contribution is -2.65. The summed E-state index contributed by atoms with van der Waals surface area (Å²) in [6.07, 6.45) is 5.05. The summed E-state index contributed by atoms with van der Waals surface area (Å²) in [7, 11) is 3.35. The van der Waals surface area contributed by atoms with Gasteiger partial charge in [0.05, 0.1) is 53.6 Å². The number of carbonyl (C=O) groups excluding carboxylic acids is 4. The van der Waals surface area contributed by atoms with Crippen molar-refractivity contribution in [2.75, 3.05) is 47.1 Å². The number of aromatic nitrogens is 3. The number of cyclic esters (lactones) is 1. The second-order valence-electron chi connectivity index (χ2n) is 18.8. The second kappa shape index (κ2) is 17.9. The van der Waals surface area contributed by atoms with Gasteiger partial charge in [0, 0.05) is 79.2 Å².